The summed E-state index contributed by atoms with van der Waals surface area (Å²) in [6.07, 6.45) is 3.05. The van der Waals surface area contributed by atoms with Gasteiger partial charge < -0.3 is 29.5 Å². The van der Waals surface area contributed by atoms with Crippen molar-refractivity contribution in [3.05, 3.63) is 48.5 Å². The van der Waals surface area contributed by atoms with E-state index in [0.29, 0.717) is 30.2 Å². The minimum absolute atomic E-state index is 0.0717. The second-order valence-corrected chi connectivity index (χ2v) is 8.56. The van der Waals surface area contributed by atoms with Crippen molar-refractivity contribution < 1.29 is 24.1 Å². The predicted molar refractivity (Wildman–Crippen MR) is 122 cm³/mol. The molecule has 1 amide bonds. The Balaban J connectivity index is 1.41. The number of hydrogen-bond donors (Lipinski definition) is 2. The van der Waals surface area contributed by atoms with Crippen molar-refractivity contribution in [3.8, 4) is 17.2 Å². The maximum atomic E-state index is 13.6. The highest BCUT2D eigenvalue weighted by Crippen LogP contribution is 2.36. The monoisotopic (exact) mass is 440 g/mol. The van der Waals surface area contributed by atoms with Crippen LogP contribution in [0.4, 0.5) is 5.69 Å². The minimum Gasteiger partial charge on any atom is -0.493 e. The Morgan fingerprint density at radius 3 is 2.44 bits per heavy atom. The molecule has 172 valence electrons. The topological polar surface area (TPSA) is 80.3 Å². The zero-order valence-electron chi connectivity index (χ0n) is 18.8. The van der Waals surface area contributed by atoms with E-state index in [2.05, 4.69) is 5.32 Å². The van der Waals surface area contributed by atoms with Crippen LogP contribution in [-0.2, 0) is 4.79 Å². The lowest BCUT2D eigenvalue weighted by Crippen LogP contribution is -2.58. The fraction of sp³-hybridized carbons (Fsp3) is 0.480. The lowest BCUT2D eigenvalue weighted by atomic mass is 9.92. The summed E-state index contributed by atoms with van der Waals surface area (Å²) < 4.78 is 16.6. The van der Waals surface area contributed by atoms with Crippen molar-refractivity contribution in [1.82, 2.24) is 4.90 Å². The molecule has 1 aliphatic carbocycles. The molecule has 0 unspecified atom stereocenters. The quantitative estimate of drug-likeness (QED) is 0.686. The molecule has 32 heavy (non-hydrogen) atoms. The van der Waals surface area contributed by atoms with Crippen LogP contribution in [-0.4, -0.2) is 61.0 Å². The van der Waals surface area contributed by atoms with Gasteiger partial charge in [0.1, 0.15) is 23.5 Å². The summed E-state index contributed by atoms with van der Waals surface area (Å²) in [5, 5.41) is 14.3. The zero-order valence-corrected chi connectivity index (χ0v) is 18.8. The molecule has 7 nitrogen and oxygen atoms in total. The normalized spacial score (nSPS) is 22.3. The fourth-order valence-electron chi connectivity index (χ4n) is 4.77. The van der Waals surface area contributed by atoms with Crippen molar-refractivity contribution in [2.75, 3.05) is 32.6 Å². The molecule has 1 saturated carbocycles. The van der Waals surface area contributed by atoms with Crippen molar-refractivity contribution >= 4 is 11.6 Å². The van der Waals surface area contributed by atoms with Gasteiger partial charge in [0.2, 0.25) is 5.91 Å². The number of piperidine rings is 1. The number of para-hydroxylation sites is 1. The van der Waals surface area contributed by atoms with E-state index in [4.69, 9.17) is 14.2 Å². The van der Waals surface area contributed by atoms with Gasteiger partial charge in [-0.1, -0.05) is 31.0 Å². The van der Waals surface area contributed by atoms with Crippen LogP contribution >= 0.6 is 0 Å². The number of anilines is 1. The average molecular weight is 441 g/mol. The third kappa shape index (κ3) is 4.63. The average Bonchev–Trinajstić information content (AvgIpc) is 3.30. The third-order valence-electron chi connectivity index (χ3n) is 6.47. The van der Waals surface area contributed by atoms with Crippen molar-refractivity contribution in [1.29, 1.82) is 0 Å². The van der Waals surface area contributed by atoms with Crippen molar-refractivity contribution in [2.45, 2.75) is 49.9 Å². The second-order valence-electron chi connectivity index (χ2n) is 8.56. The molecule has 1 aliphatic heterocycles. The molecule has 0 radical (unpaired) electrons. The highest BCUT2D eigenvalue weighted by molar-refractivity contribution is 5.90. The third-order valence-corrected chi connectivity index (χ3v) is 6.47. The summed E-state index contributed by atoms with van der Waals surface area (Å²) in [4.78, 5) is 15.4. The summed E-state index contributed by atoms with van der Waals surface area (Å²) in [5.41, 5.74) is 0.355. The standard InChI is InChI=1S/C25H32N2O5/c1-30-22-11-10-19(16-23(22)31-2)32-21-12-15-27(17-20(21)28)24(29)25(13-6-7-14-25)26-18-8-4-3-5-9-18/h3-5,8-11,16,20-21,26,28H,6-7,12-15,17H2,1-2H3/t20-,21-/m1/s1. The number of hydrogen-bond acceptors (Lipinski definition) is 6. The number of amides is 1. The Hall–Kier alpha value is -2.93. The van der Waals surface area contributed by atoms with Gasteiger partial charge in [0.05, 0.1) is 20.8 Å². The highest BCUT2D eigenvalue weighted by atomic mass is 16.5. The maximum Gasteiger partial charge on any atom is 0.248 e. The number of benzene rings is 2. The Bertz CT molecular complexity index is 914. The molecule has 2 aliphatic rings. The number of β-amino-alcohol motifs (C(OH)–C–C–N with tert-alkyl or cyclic N) is 1. The van der Waals surface area contributed by atoms with Gasteiger partial charge in [0.15, 0.2) is 11.5 Å². The fourth-order valence-corrected chi connectivity index (χ4v) is 4.77. The van der Waals surface area contributed by atoms with E-state index in [0.717, 1.165) is 31.4 Å². The number of nitrogens with one attached hydrogen (secondary N) is 1. The molecule has 1 saturated heterocycles. The largest absolute Gasteiger partial charge is 0.493 e. The number of aliphatic hydroxyl groups is 1. The number of carbonyl (C=O) groups excluding carboxylic acids is 1. The number of carbonyl (C=O) groups is 1. The summed E-state index contributed by atoms with van der Waals surface area (Å²) in [5.74, 6) is 1.86. The van der Waals surface area contributed by atoms with Crippen LogP contribution in [0.5, 0.6) is 17.2 Å². The minimum atomic E-state index is -0.768. The first kappa shape index (κ1) is 22.3. The van der Waals surface area contributed by atoms with Crippen LogP contribution in [0, 0.1) is 0 Å². The number of nitrogens with zero attached hydrogens (tertiary/aromatic N) is 1. The molecule has 1 heterocycles. The highest BCUT2D eigenvalue weighted by Gasteiger charge is 2.45. The summed E-state index contributed by atoms with van der Waals surface area (Å²) in [6.45, 7) is 0.807. The number of likely N-dealkylation sites (tertiary alicyclic amines) is 1. The molecule has 2 aromatic carbocycles. The summed E-state index contributed by atoms with van der Waals surface area (Å²) >= 11 is 0. The van der Waals surface area contributed by atoms with Gasteiger partial charge in [0.25, 0.3) is 0 Å². The lowest BCUT2D eigenvalue weighted by Gasteiger charge is -2.41. The van der Waals surface area contributed by atoms with Gasteiger partial charge in [-0.05, 0) is 37.1 Å². The van der Waals surface area contributed by atoms with Gasteiger partial charge >= 0.3 is 0 Å². The molecule has 2 N–H and O–H groups in total. The summed E-state index contributed by atoms with van der Waals surface area (Å²) in [6, 6.07) is 15.2. The molecule has 2 aromatic rings. The van der Waals surface area contributed by atoms with Crippen LogP contribution in [0.3, 0.4) is 0 Å². The molecule has 0 aromatic heterocycles. The molecule has 7 heteroatoms. The molecule has 4 rings (SSSR count). The number of methoxy groups -OCH3 is 2. The smallest absolute Gasteiger partial charge is 0.248 e. The van der Waals surface area contributed by atoms with Gasteiger partial charge in [-0.2, -0.15) is 0 Å². The van der Waals surface area contributed by atoms with Crippen LogP contribution in [0.15, 0.2) is 48.5 Å². The molecular weight excluding hydrogens is 408 g/mol. The Kier molecular flexibility index (Phi) is 6.74. The van der Waals surface area contributed by atoms with Gasteiger partial charge in [0, 0.05) is 24.7 Å². The molecule has 0 bridgehead atoms. The predicted octanol–water partition coefficient (Wildman–Crippen LogP) is 3.47. The first-order valence-electron chi connectivity index (χ1n) is 11.2. The van der Waals surface area contributed by atoms with E-state index in [9.17, 15) is 9.90 Å². The van der Waals surface area contributed by atoms with E-state index in [1.54, 1.807) is 37.3 Å². The van der Waals surface area contributed by atoms with E-state index < -0.39 is 17.7 Å². The van der Waals surface area contributed by atoms with E-state index in [-0.39, 0.29) is 12.5 Å². The van der Waals surface area contributed by atoms with E-state index in [1.165, 1.54) is 0 Å². The van der Waals surface area contributed by atoms with E-state index >= 15 is 0 Å². The number of aliphatic hydroxyl groups excluding tert-OH is 1. The zero-order chi connectivity index (χ0) is 22.6. The van der Waals surface area contributed by atoms with Gasteiger partial charge in [-0.15, -0.1) is 0 Å². The van der Waals surface area contributed by atoms with Crippen LogP contribution in [0.1, 0.15) is 32.1 Å². The number of rotatable bonds is 7. The second kappa shape index (κ2) is 9.69. The van der Waals surface area contributed by atoms with Gasteiger partial charge in [-0.25, -0.2) is 0 Å². The summed E-state index contributed by atoms with van der Waals surface area (Å²) in [7, 11) is 3.15. The molecular formula is C25H32N2O5. The number of ether oxygens (including phenoxy) is 3. The first-order valence-corrected chi connectivity index (χ1v) is 11.2. The Morgan fingerprint density at radius 2 is 1.78 bits per heavy atom. The van der Waals surface area contributed by atoms with Gasteiger partial charge in [-0.3, -0.25) is 4.79 Å². The SMILES string of the molecule is COc1ccc(O[C@@H]2CCN(C(=O)C3(Nc4ccccc4)CCCC3)C[C@H]2O)cc1OC. The van der Waals surface area contributed by atoms with Crippen LogP contribution in [0.25, 0.3) is 0 Å². The molecule has 0 spiro atoms. The lowest BCUT2D eigenvalue weighted by molar-refractivity contribution is -0.141. The van der Waals surface area contributed by atoms with Crippen molar-refractivity contribution in [3.63, 3.8) is 0 Å². The van der Waals surface area contributed by atoms with Crippen molar-refractivity contribution in [2.24, 2.45) is 0 Å². The Labute approximate surface area is 189 Å². The van der Waals surface area contributed by atoms with Crippen LogP contribution < -0.4 is 19.5 Å². The van der Waals surface area contributed by atoms with E-state index in [1.807, 2.05) is 30.3 Å². The Morgan fingerprint density at radius 1 is 1.06 bits per heavy atom. The molecule has 2 atom stereocenters. The molecule has 2 fully saturated rings. The maximum absolute atomic E-state index is 13.6. The van der Waals surface area contributed by atoms with Crippen LogP contribution in [0.2, 0.25) is 0 Å². The first-order chi connectivity index (χ1) is 15.5.